The van der Waals surface area contributed by atoms with Gasteiger partial charge in [-0.2, -0.15) is 0 Å². The smallest absolute Gasteiger partial charge is 0.168 e. The molecule has 0 amide bonds. The quantitative estimate of drug-likeness (QED) is 0.595. The molecule has 0 aliphatic rings. The van der Waals surface area contributed by atoms with Gasteiger partial charge < -0.3 is 9.30 Å². The minimum atomic E-state index is 0.701. The van der Waals surface area contributed by atoms with Gasteiger partial charge in [0.15, 0.2) is 5.16 Å². The van der Waals surface area contributed by atoms with Gasteiger partial charge >= 0.3 is 0 Å². The molecular weight excluding hydrogens is 256 g/mol. The van der Waals surface area contributed by atoms with Gasteiger partial charge in [-0.25, -0.2) is 4.98 Å². The summed E-state index contributed by atoms with van der Waals surface area (Å²) in [5.74, 6) is 1.92. The van der Waals surface area contributed by atoms with E-state index in [1.807, 2.05) is 12.4 Å². The van der Waals surface area contributed by atoms with Gasteiger partial charge in [0.25, 0.3) is 0 Å². The first-order chi connectivity index (χ1) is 9.22. The molecule has 0 atom stereocenters. The van der Waals surface area contributed by atoms with Gasteiger partial charge in [0.1, 0.15) is 5.75 Å². The fourth-order valence-corrected chi connectivity index (χ4v) is 2.82. The summed E-state index contributed by atoms with van der Waals surface area (Å²) < 4.78 is 8.02. The van der Waals surface area contributed by atoms with Crippen molar-refractivity contribution in [1.82, 2.24) is 9.55 Å². The Morgan fingerprint density at radius 1 is 1.26 bits per heavy atom. The molecule has 0 saturated heterocycles. The molecule has 0 fully saturated rings. The highest BCUT2D eigenvalue weighted by atomic mass is 32.2. The van der Waals surface area contributed by atoms with Crippen LogP contribution in [0.25, 0.3) is 0 Å². The fraction of sp³-hybridized carbons (Fsp3) is 0.400. The Labute approximate surface area is 119 Å². The predicted molar refractivity (Wildman–Crippen MR) is 80.0 cm³/mol. The van der Waals surface area contributed by atoms with E-state index in [9.17, 15) is 0 Å². The van der Waals surface area contributed by atoms with E-state index in [4.69, 9.17) is 4.74 Å². The number of hydrogen-bond donors (Lipinski definition) is 0. The maximum absolute atomic E-state index is 5.88. The molecule has 2 aromatic rings. The summed E-state index contributed by atoms with van der Waals surface area (Å²) in [4.78, 5) is 4.34. The molecule has 0 aliphatic heterocycles. The lowest BCUT2D eigenvalue weighted by Gasteiger charge is -2.11. The van der Waals surface area contributed by atoms with Crippen LogP contribution in [0.4, 0.5) is 0 Å². The Morgan fingerprint density at radius 3 is 2.68 bits per heavy atom. The van der Waals surface area contributed by atoms with E-state index in [0.717, 1.165) is 23.2 Å². The van der Waals surface area contributed by atoms with E-state index < -0.39 is 0 Å². The molecule has 0 radical (unpaired) electrons. The van der Waals surface area contributed by atoms with Gasteiger partial charge in [-0.05, 0) is 31.9 Å². The van der Waals surface area contributed by atoms with E-state index in [1.165, 1.54) is 11.1 Å². The van der Waals surface area contributed by atoms with Gasteiger partial charge in [0.2, 0.25) is 0 Å². The van der Waals surface area contributed by atoms with Crippen molar-refractivity contribution in [1.29, 1.82) is 0 Å². The lowest BCUT2D eigenvalue weighted by atomic mass is 10.1. The monoisotopic (exact) mass is 276 g/mol. The Balaban J connectivity index is 1.84. The zero-order valence-corrected chi connectivity index (χ0v) is 12.5. The molecule has 0 N–H and O–H groups in total. The van der Waals surface area contributed by atoms with Gasteiger partial charge in [-0.3, -0.25) is 0 Å². The lowest BCUT2D eigenvalue weighted by Crippen LogP contribution is -2.04. The van der Waals surface area contributed by atoms with Crippen LogP contribution in [0.5, 0.6) is 5.75 Å². The van der Waals surface area contributed by atoms with Crippen LogP contribution in [0.1, 0.15) is 18.1 Å². The normalized spacial score (nSPS) is 10.7. The highest BCUT2D eigenvalue weighted by molar-refractivity contribution is 7.99. The minimum Gasteiger partial charge on any atom is -0.492 e. The van der Waals surface area contributed by atoms with Crippen molar-refractivity contribution >= 4 is 11.8 Å². The summed E-state index contributed by atoms with van der Waals surface area (Å²) >= 11 is 1.74. The van der Waals surface area contributed by atoms with Crippen LogP contribution < -0.4 is 4.74 Å². The van der Waals surface area contributed by atoms with Crippen molar-refractivity contribution < 1.29 is 4.74 Å². The average Bonchev–Trinajstić information content (AvgIpc) is 2.84. The minimum absolute atomic E-state index is 0.701. The van der Waals surface area contributed by atoms with E-state index >= 15 is 0 Å². The second-order valence-corrected chi connectivity index (χ2v) is 5.48. The van der Waals surface area contributed by atoms with E-state index in [-0.39, 0.29) is 0 Å². The Hall–Kier alpha value is -1.42. The van der Waals surface area contributed by atoms with Crippen LogP contribution in [0.3, 0.4) is 0 Å². The van der Waals surface area contributed by atoms with E-state index in [1.54, 1.807) is 11.8 Å². The van der Waals surface area contributed by atoms with Gasteiger partial charge in [-0.15, -0.1) is 0 Å². The summed E-state index contributed by atoms with van der Waals surface area (Å²) in [6.45, 7) is 7.95. The maximum Gasteiger partial charge on any atom is 0.168 e. The van der Waals surface area contributed by atoms with Crippen molar-refractivity contribution in [3.63, 3.8) is 0 Å². The number of thioether (sulfide) groups is 1. The molecule has 3 nitrogen and oxygen atoms in total. The zero-order valence-electron chi connectivity index (χ0n) is 11.7. The molecule has 102 valence electrons. The van der Waals surface area contributed by atoms with Crippen LogP contribution >= 0.6 is 11.8 Å². The second-order valence-electron chi connectivity index (χ2n) is 4.41. The highest BCUT2D eigenvalue weighted by Crippen LogP contribution is 2.23. The molecule has 0 bridgehead atoms. The molecule has 1 heterocycles. The van der Waals surface area contributed by atoms with Crippen molar-refractivity contribution in [3.8, 4) is 5.75 Å². The van der Waals surface area contributed by atoms with Crippen molar-refractivity contribution in [2.75, 3.05) is 12.4 Å². The maximum atomic E-state index is 5.88. The third-order valence-electron chi connectivity index (χ3n) is 2.99. The summed E-state index contributed by atoms with van der Waals surface area (Å²) in [5.41, 5.74) is 2.39. The summed E-state index contributed by atoms with van der Waals surface area (Å²) in [6, 6.07) is 6.23. The number of aryl methyl sites for hydroxylation is 3. The summed E-state index contributed by atoms with van der Waals surface area (Å²) in [7, 11) is 0. The molecule has 1 aromatic carbocycles. The SMILES string of the molecule is CCn1ccnc1SCCOc1c(C)cccc1C. The van der Waals surface area contributed by atoms with Crippen molar-refractivity contribution in [2.24, 2.45) is 0 Å². The topological polar surface area (TPSA) is 27.1 Å². The Kier molecular flexibility index (Phi) is 4.91. The molecule has 1 aromatic heterocycles. The lowest BCUT2D eigenvalue weighted by molar-refractivity contribution is 0.339. The zero-order chi connectivity index (χ0) is 13.7. The molecule has 0 aliphatic carbocycles. The molecule has 19 heavy (non-hydrogen) atoms. The highest BCUT2D eigenvalue weighted by Gasteiger charge is 2.04. The number of nitrogens with zero attached hydrogens (tertiary/aromatic N) is 2. The number of aromatic nitrogens is 2. The Bertz CT molecular complexity index is 516. The molecule has 0 unspecified atom stereocenters. The molecule has 0 spiro atoms. The fourth-order valence-electron chi connectivity index (χ4n) is 1.98. The molecule has 2 rings (SSSR count). The number of imidazole rings is 1. The van der Waals surface area contributed by atoms with Gasteiger partial charge in [0.05, 0.1) is 6.61 Å². The number of hydrogen-bond acceptors (Lipinski definition) is 3. The van der Waals surface area contributed by atoms with Crippen LogP contribution in [0, 0.1) is 13.8 Å². The predicted octanol–water partition coefficient (Wildman–Crippen LogP) is 3.69. The van der Waals surface area contributed by atoms with Gasteiger partial charge in [-0.1, -0.05) is 30.0 Å². The van der Waals surface area contributed by atoms with Crippen molar-refractivity contribution in [2.45, 2.75) is 32.5 Å². The van der Waals surface area contributed by atoms with Crippen molar-refractivity contribution in [3.05, 3.63) is 41.7 Å². The third kappa shape index (κ3) is 3.53. The first kappa shape index (κ1) is 14.0. The second kappa shape index (κ2) is 6.66. The summed E-state index contributed by atoms with van der Waals surface area (Å²) in [5, 5.41) is 1.06. The van der Waals surface area contributed by atoms with Crippen LogP contribution in [0.2, 0.25) is 0 Å². The Morgan fingerprint density at radius 2 is 2.00 bits per heavy atom. The largest absolute Gasteiger partial charge is 0.492 e. The van der Waals surface area contributed by atoms with Crippen LogP contribution in [-0.2, 0) is 6.54 Å². The van der Waals surface area contributed by atoms with Crippen LogP contribution in [-0.4, -0.2) is 21.9 Å². The van der Waals surface area contributed by atoms with E-state index in [2.05, 4.69) is 48.5 Å². The summed E-state index contributed by atoms with van der Waals surface area (Å²) in [6.07, 6.45) is 3.85. The third-order valence-corrected chi connectivity index (χ3v) is 3.96. The number of benzene rings is 1. The van der Waals surface area contributed by atoms with E-state index in [0.29, 0.717) is 6.61 Å². The average molecular weight is 276 g/mol. The first-order valence-corrected chi connectivity index (χ1v) is 7.54. The van der Waals surface area contributed by atoms with Gasteiger partial charge in [0, 0.05) is 24.7 Å². The standard InChI is InChI=1S/C15H20N2OS/c1-4-17-9-8-16-15(17)19-11-10-18-14-12(2)6-5-7-13(14)3/h5-9H,4,10-11H2,1-3H3. The molecule has 0 saturated carbocycles. The first-order valence-electron chi connectivity index (χ1n) is 6.55. The van der Waals surface area contributed by atoms with Crippen LogP contribution in [0.15, 0.2) is 35.7 Å². The molecule has 4 heteroatoms. The number of para-hydroxylation sites is 1. The molecular formula is C15H20N2OS. The number of rotatable bonds is 6. The number of ether oxygens (including phenoxy) is 1.